The van der Waals surface area contributed by atoms with Crippen LogP contribution in [-0.2, 0) is 6.54 Å². The van der Waals surface area contributed by atoms with Gasteiger partial charge in [-0.05, 0) is 49.6 Å². The number of nitrogens with zero attached hydrogens (tertiary/aromatic N) is 1. The van der Waals surface area contributed by atoms with Gasteiger partial charge in [0.2, 0.25) is 5.91 Å². The van der Waals surface area contributed by atoms with Crippen molar-refractivity contribution in [2.24, 2.45) is 5.73 Å². The van der Waals surface area contributed by atoms with E-state index in [1.54, 1.807) is 36.5 Å². The number of amides is 1. The molecule has 0 unspecified atom stereocenters. The molecule has 0 fully saturated rings. The lowest BCUT2D eigenvalue weighted by atomic mass is 10.1. The number of aromatic nitrogens is 1. The van der Waals surface area contributed by atoms with Gasteiger partial charge in [-0.1, -0.05) is 18.2 Å². The van der Waals surface area contributed by atoms with Crippen molar-refractivity contribution in [3.8, 4) is 0 Å². The summed E-state index contributed by atoms with van der Waals surface area (Å²) in [6.45, 7) is 0.288. The molecule has 0 radical (unpaired) electrons. The first-order chi connectivity index (χ1) is 8.99. The van der Waals surface area contributed by atoms with Crippen LogP contribution in [0.1, 0.15) is 15.9 Å². The first kappa shape index (κ1) is 14.0. The van der Waals surface area contributed by atoms with Crippen molar-refractivity contribution in [1.82, 2.24) is 4.57 Å². The smallest absolute Gasteiger partial charge is 0.265 e. The quantitative estimate of drug-likeness (QED) is 0.882. The van der Waals surface area contributed by atoms with Gasteiger partial charge in [-0.2, -0.15) is 0 Å². The summed E-state index contributed by atoms with van der Waals surface area (Å²) in [4.78, 5) is 23.3. The molecule has 0 aliphatic carbocycles. The lowest BCUT2D eigenvalue weighted by molar-refractivity contribution is 0.0999. The summed E-state index contributed by atoms with van der Waals surface area (Å²) >= 11 is 6.53. The molecule has 0 bridgehead atoms. The molecule has 2 aromatic rings. The standard InChI is InChI=1S/C13H10Br2N2O2/c14-9-5-11(15)13(19)17(7-9)6-8-3-1-2-4-10(8)12(16)18/h1-5,7H,6H2,(H2,16,18). The average Bonchev–Trinajstić information content (AvgIpc) is 2.35. The van der Waals surface area contributed by atoms with Crippen LogP contribution >= 0.6 is 31.9 Å². The molecule has 1 aromatic heterocycles. The summed E-state index contributed by atoms with van der Waals surface area (Å²) in [5.74, 6) is -0.502. The van der Waals surface area contributed by atoms with Crippen LogP contribution in [0.5, 0.6) is 0 Å². The van der Waals surface area contributed by atoms with E-state index >= 15 is 0 Å². The van der Waals surface area contributed by atoms with Gasteiger partial charge in [0.15, 0.2) is 0 Å². The molecule has 1 heterocycles. The van der Waals surface area contributed by atoms with Crippen molar-refractivity contribution in [2.45, 2.75) is 6.54 Å². The fourth-order valence-corrected chi connectivity index (χ4v) is 3.02. The minimum atomic E-state index is -0.502. The maximum Gasteiger partial charge on any atom is 0.265 e. The normalized spacial score (nSPS) is 10.4. The highest BCUT2D eigenvalue weighted by Gasteiger charge is 2.09. The van der Waals surface area contributed by atoms with E-state index in [4.69, 9.17) is 5.73 Å². The highest BCUT2D eigenvalue weighted by atomic mass is 79.9. The second-order valence-corrected chi connectivity index (χ2v) is 5.73. The number of carbonyl (C=O) groups excluding carboxylic acids is 1. The lowest BCUT2D eigenvalue weighted by Gasteiger charge is -2.10. The summed E-state index contributed by atoms with van der Waals surface area (Å²) < 4.78 is 2.74. The number of carbonyl (C=O) groups is 1. The molecule has 98 valence electrons. The predicted octanol–water partition coefficient (Wildman–Crippen LogP) is 2.52. The molecular formula is C13H10Br2N2O2. The molecule has 1 aromatic carbocycles. The van der Waals surface area contributed by atoms with Crippen LogP contribution < -0.4 is 11.3 Å². The van der Waals surface area contributed by atoms with Gasteiger partial charge in [0.1, 0.15) is 0 Å². The van der Waals surface area contributed by atoms with E-state index in [1.807, 2.05) is 0 Å². The van der Waals surface area contributed by atoms with Crippen LogP contribution in [0.15, 0.2) is 50.3 Å². The van der Waals surface area contributed by atoms with Gasteiger partial charge in [-0.15, -0.1) is 0 Å². The maximum atomic E-state index is 12.0. The molecule has 4 nitrogen and oxygen atoms in total. The van der Waals surface area contributed by atoms with Gasteiger partial charge in [0.05, 0.1) is 11.0 Å². The molecule has 1 amide bonds. The highest BCUT2D eigenvalue weighted by molar-refractivity contribution is 9.11. The lowest BCUT2D eigenvalue weighted by Crippen LogP contribution is -2.22. The zero-order valence-corrected chi connectivity index (χ0v) is 12.9. The third-order valence-corrected chi connectivity index (χ3v) is 3.63. The molecule has 0 aliphatic rings. The molecule has 0 saturated carbocycles. The Hall–Kier alpha value is -1.40. The Balaban J connectivity index is 2.48. The summed E-state index contributed by atoms with van der Waals surface area (Å²) in [6.07, 6.45) is 1.67. The molecule has 0 spiro atoms. The van der Waals surface area contributed by atoms with Gasteiger partial charge < -0.3 is 10.3 Å². The summed E-state index contributed by atoms with van der Waals surface area (Å²) in [5.41, 5.74) is 6.29. The third kappa shape index (κ3) is 3.13. The SMILES string of the molecule is NC(=O)c1ccccc1Cn1cc(Br)cc(Br)c1=O. The van der Waals surface area contributed by atoms with Crippen LogP contribution in [0.3, 0.4) is 0 Å². The second-order valence-electron chi connectivity index (χ2n) is 3.96. The number of nitrogens with two attached hydrogens (primary N) is 1. The Labute approximate surface area is 126 Å². The van der Waals surface area contributed by atoms with Crippen molar-refractivity contribution in [2.75, 3.05) is 0 Å². The summed E-state index contributed by atoms with van der Waals surface area (Å²) in [5, 5.41) is 0. The second kappa shape index (κ2) is 5.71. The minimum absolute atomic E-state index is 0.164. The first-order valence-corrected chi connectivity index (χ1v) is 7.01. The molecule has 6 heteroatoms. The number of halogens is 2. The molecule has 0 saturated heterocycles. The van der Waals surface area contributed by atoms with Gasteiger partial charge in [-0.25, -0.2) is 0 Å². The molecular weight excluding hydrogens is 376 g/mol. The van der Waals surface area contributed by atoms with Crippen molar-refractivity contribution in [3.05, 3.63) is 67.0 Å². The fraction of sp³-hybridized carbons (Fsp3) is 0.0769. The van der Waals surface area contributed by atoms with Crippen LogP contribution in [0.25, 0.3) is 0 Å². The first-order valence-electron chi connectivity index (χ1n) is 5.42. The highest BCUT2D eigenvalue weighted by Crippen LogP contribution is 2.15. The van der Waals surface area contributed by atoms with E-state index in [0.717, 1.165) is 4.47 Å². The topological polar surface area (TPSA) is 65.1 Å². The van der Waals surface area contributed by atoms with E-state index in [0.29, 0.717) is 15.6 Å². The Bertz CT molecular complexity index is 695. The monoisotopic (exact) mass is 384 g/mol. The van der Waals surface area contributed by atoms with E-state index < -0.39 is 5.91 Å². The van der Waals surface area contributed by atoms with Crippen molar-refractivity contribution in [3.63, 3.8) is 0 Å². The minimum Gasteiger partial charge on any atom is -0.366 e. The largest absolute Gasteiger partial charge is 0.366 e. The van der Waals surface area contributed by atoms with Gasteiger partial charge >= 0.3 is 0 Å². The number of hydrogen-bond donors (Lipinski definition) is 1. The van der Waals surface area contributed by atoms with E-state index in [9.17, 15) is 9.59 Å². The van der Waals surface area contributed by atoms with Crippen LogP contribution in [0, 0.1) is 0 Å². The Kier molecular flexibility index (Phi) is 4.21. The number of rotatable bonds is 3. The van der Waals surface area contributed by atoms with E-state index in [2.05, 4.69) is 31.9 Å². The average molecular weight is 386 g/mol. The summed E-state index contributed by atoms with van der Waals surface area (Å²) in [7, 11) is 0. The van der Waals surface area contributed by atoms with Gasteiger partial charge in [-0.3, -0.25) is 9.59 Å². The van der Waals surface area contributed by atoms with Crippen LogP contribution in [0.2, 0.25) is 0 Å². The Morgan fingerprint density at radius 2 is 1.95 bits per heavy atom. The Morgan fingerprint density at radius 1 is 1.26 bits per heavy atom. The van der Waals surface area contributed by atoms with Crippen LogP contribution in [-0.4, -0.2) is 10.5 Å². The van der Waals surface area contributed by atoms with Crippen LogP contribution in [0.4, 0.5) is 0 Å². The van der Waals surface area contributed by atoms with Crippen molar-refractivity contribution in [1.29, 1.82) is 0 Å². The number of primary amides is 1. The van der Waals surface area contributed by atoms with Crippen molar-refractivity contribution < 1.29 is 4.79 Å². The summed E-state index contributed by atoms with van der Waals surface area (Å²) in [6, 6.07) is 8.65. The number of hydrogen-bond acceptors (Lipinski definition) is 2. The van der Waals surface area contributed by atoms with Crippen molar-refractivity contribution >= 4 is 37.8 Å². The zero-order valence-electron chi connectivity index (χ0n) is 9.77. The molecule has 2 N–H and O–H groups in total. The van der Waals surface area contributed by atoms with E-state index in [1.165, 1.54) is 4.57 Å². The third-order valence-electron chi connectivity index (χ3n) is 2.63. The maximum absolute atomic E-state index is 12.0. The molecule has 0 atom stereocenters. The fourth-order valence-electron chi connectivity index (χ4n) is 1.76. The predicted molar refractivity (Wildman–Crippen MR) is 80.2 cm³/mol. The molecule has 2 rings (SSSR count). The van der Waals surface area contributed by atoms with E-state index in [-0.39, 0.29) is 12.1 Å². The van der Waals surface area contributed by atoms with Gasteiger partial charge in [0.25, 0.3) is 5.56 Å². The number of benzene rings is 1. The molecule has 19 heavy (non-hydrogen) atoms. The number of pyridine rings is 1. The molecule has 0 aliphatic heterocycles. The Morgan fingerprint density at radius 3 is 2.63 bits per heavy atom. The van der Waals surface area contributed by atoms with Gasteiger partial charge in [0, 0.05) is 16.2 Å². The zero-order chi connectivity index (χ0) is 14.0.